The molecule has 0 bridgehead atoms. The van der Waals surface area contributed by atoms with Crippen LogP contribution in [0.5, 0.6) is 0 Å². The van der Waals surface area contributed by atoms with E-state index < -0.39 is 0 Å². The van der Waals surface area contributed by atoms with Gasteiger partial charge in [-0.1, -0.05) is 91.0 Å². The van der Waals surface area contributed by atoms with E-state index in [1.165, 1.54) is 16.7 Å². The second kappa shape index (κ2) is 8.31. The molecule has 2 heteroatoms. The van der Waals surface area contributed by atoms with E-state index in [1.54, 1.807) is 0 Å². The summed E-state index contributed by atoms with van der Waals surface area (Å²) in [6.45, 7) is 4.15. The maximum absolute atomic E-state index is 3.63. The van der Waals surface area contributed by atoms with E-state index in [-0.39, 0.29) is 0 Å². The van der Waals surface area contributed by atoms with Gasteiger partial charge in [-0.2, -0.15) is 0 Å². The van der Waals surface area contributed by atoms with E-state index in [9.17, 15) is 0 Å². The molecule has 4 rings (SSSR count). The molecule has 1 aliphatic heterocycles. The van der Waals surface area contributed by atoms with Crippen molar-refractivity contribution in [2.45, 2.75) is 18.5 Å². The quantitative estimate of drug-likeness (QED) is 0.744. The predicted octanol–water partition coefficient (Wildman–Crippen LogP) is 4.29. The molecule has 26 heavy (non-hydrogen) atoms. The molecule has 1 aliphatic rings. The topological polar surface area (TPSA) is 15.3 Å². The van der Waals surface area contributed by atoms with Crippen molar-refractivity contribution in [3.8, 4) is 0 Å². The summed E-state index contributed by atoms with van der Waals surface area (Å²) in [4.78, 5) is 2.65. The highest BCUT2D eigenvalue weighted by molar-refractivity contribution is 5.35. The molecule has 1 heterocycles. The fourth-order valence-corrected chi connectivity index (χ4v) is 4.07. The molecular weight excluding hydrogens is 316 g/mol. The zero-order valence-corrected chi connectivity index (χ0v) is 15.1. The Balaban J connectivity index is 1.68. The monoisotopic (exact) mass is 342 g/mol. The zero-order valence-electron chi connectivity index (χ0n) is 15.1. The van der Waals surface area contributed by atoms with Gasteiger partial charge in [-0.15, -0.1) is 0 Å². The lowest BCUT2D eigenvalue weighted by atomic mass is 9.83. The van der Waals surface area contributed by atoms with E-state index >= 15 is 0 Å². The van der Waals surface area contributed by atoms with Gasteiger partial charge >= 0.3 is 0 Å². The lowest BCUT2D eigenvalue weighted by Crippen LogP contribution is -2.53. The van der Waals surface area contributed by atoms with Crippen molar-refractivity contribution in [2.24, 2.45) is 0 Å². The molecule has 0 spiro atoms. The Morgan fingerprint density at radius 3 is 1.88 bits per heavy atom. The molecule has 3 aromatic rings. The average molecular weight is 342 g/mol. The molecule has 2 nitrogen and oxygen atoms in total. The third-order valence-corrected chi connectivity index (χ3v) is 5.33. The number of hydrogen-bond donors (Lipinski definition) is 1. The van der Waals surface area contributed by atoms with Crippen molar-refractivity contribution < 1.29 is 0 Å². The van der Waals surface area contributed by atoms with Crippen LogP contribution in [0.4, 0.5) is 0 Å². The average Bonchev–Trinajstić information content (AvgIpc) is 2.72. The Morgan fingerprint density at radius 2 is 1.31 bits per heavy atom. The van der Waals surface area contributed by atoms with Gasteiger partial charge in [0.1, 0.15) is 0 Å². The molecule has 0 radical (unpaired) electrons. The zero-order chi connectivity index (χ0) is 17.6. The van der Waals surface area contributed by atoms with Crippen LogP contribution < -0.4 is 5.32 Å². The molecule has 1 N–H and O–H groups in total. The molecule has 132 valence electrons. The number of rotatable bonds is 5. The standard InChI is InChI=1S/C24H26N2/c1-4-10-20(11-5-1)19-26-17-16-25-18-23(26)24(21-12-6-2-7-13-21)22-14-8-3-9-15-22/h1-15,23-25H,16-19H2. The van der Waals surface area contributed by atoms with E-state index in [2.05, 4.69) is 101 Å². The fraction of sp³-hybridized carbons (Fsp3) is 0.250. The van der Waals surface area contributed by atoms with Gasteiger partial charge in [0, 0.05) is 38.1 Å². The predicted molar refractivity (Wildman–Crippen MR) is 108 cm³/mol. The first-order valence-electron chi connectivity index (χ1n) is 9.50. The van der Waals surface area contributed by atoms with Crippen LogP contribution in [0.3, 0.4) is 0 Å². The van der Waals surface area contributed by atoms with Crippen molar-refractivity contribution in [1.82, 2.24) is 10.2 Å². The third kappa shape index (κ3) is 3.87. The first kappa shape index (κ1) is 17.0. The Labute approximate surface area is 156 Å². The van der Waals surface area contributed by atoms with Gasteiger partial charge in [-0.3, -0.25) is 4.90 Å². The lowest BCUT2D eigenvalue weighted by molar-refractivity contribution is 0.139. The number of hydrogen-bond acceptors (Lipinski definition) is 2. The summed E-state index contributed by atoms with van der Waals surface area (Å²) >= 11 is 0. The number of piperazine rings is 1. The summed E-state index contributed by atoms with van der Waals surface area (Å²) in [6, 6.07) is 33.2. The van der Waals surface area contributed by atoms with Gasteiger partial charge in [0.25, 0.3) is 0 Å². The highest BCUT2D eigenvalue weighted by Gasteiger charge is 2.31. The highest BCUT2D eigenvalue weighted by Crippen LogP contribution is 2.32. The maximum atomic E-state index is 3.63. The minimum Gasteiger partial charge on any atom is -0.314 e. The maximum Gasteiger partial charge on any atom is 0.0333 e. The van der Waals surface area contributed by atoms with E-state index in [0.29, 0.717) is 12.0 Å². The summed E-state index contributed by atoms with van der Waals surface area (Å²) in [7, 11) is 0. The van der Waals surface area contributed by atoms with Gasteiger partial charge < -0.3 is 5.32 Å². The van der Waals surface area contributed by atoms with E-state index in [0.717, 1.165) is 26.2 Å². The molecule has 0 aliphatic carbocycles. The van der Waals surface area contributed by atoms with Crippen LogP contribution in [0, 0.1) is 0 Å². The molecule has 0 amide bonds. The van der Waals surface area contributed by atoms with Crippen LogP contribution in [-0.2, 0) is 6.54 Å². The third-order valence-electron chi connectivity index (χ3n) is 5.33. The fourth-order valence-electron chi connectivity index (χ4n) is 4.07. The van der Waals surface area contributed by atoms with Crippen molar-refractivity contribution in [2.75, 3.05) is 19.6 Å². The van der Waals surface area contributed by atoms with Crippen LogP contribution in [0.25, 0.3) is 0 Å². The summed E-state index contributed by atoms with van der Waals surface area (Å²) in [6.07, 6.45) is 0. The Hall–Kier alpha value is -2.42. The highest BCUT2D eigenvalue weighted by atomic mass is 15.2. The number of nitrogens with zero attached hydrogens (tertiary/aromatic N) is 1. The summed E-state index contributed by atoms with van der Waals surface area (Å²) in [5.41, 5.74) is 4.18. The van der Waals surface area contributed by atoms with E-state index in [1.807, 2.05) is 0 Å². The lowest BCUT2D eigenvalue weighted by Gasteiger charge is -2.41. The summed E-state index contributed by atoms with van der Waals surface area (Å²) in [5, 5.41) is 3.63. The van der Waals surface area contributed by atoms with Gasteiger partial charge in [0.05, 0.1) is 0 Å². The van der Waals surface area contributed by atoms with Crippen LogP contribution >= 0.6 is 0 Å². The SMILES string of the molecule is c1ccc(CN2CCNCC2C(c2ccccc2)c2ccccc2)cc1. The van der Waals surface area contributed by atoms with Crippen LogP contribution in [0.2, 0.25) is 0 Å². The first-order chi connectivity index (χ1) is 12.9. The van der Waals surface area contributed by atoms with Gasteiger partial charge in [0.15, 0.2) is 0 Å². The molecule has 0 saturated carbocycles. The molecule has 1 fully saturated rings. The molecule has 1 atom stereocenters. The Bertz CT molecular complexity index is 747. The van der Waals surface area contributed by atoms with Gasteiger partial charge in [-0.05, 0) is 16.7 Å². The van der Waals surface area contributed by atoms with Crippen molar-refractivity contribution in [1.29, 1.82) is 0 Å². The largest absolute Gasteiger partial charge is 0.314 e. The second-order valence-corrected chi connectivity index (χ2v) is 7.03. The molecule has 1 unspecified atom stereocenters. The minimum atomic E-state index is 0.369. The number of nitrogens with one attached hydrogen (secondary N) is 1. The molecule has 3 aromatic carbocycles. The van der Waals surface area contributed by atoms with Crippen molar-refractivity contribution >= 4 is 0 Å². The summed E-state index contributed by atoms with van der Waals surface area (Å²) in [5.74, 6) is 0.369. The first-order valence-corrected chi connectivity index (χ1v) is 9.50. The van der Waals surface area contributed by atoms with Gasteiger partial charge in [0.2, 0.25) is 0 Å². The molecule has 1 saturated heterocycles. The smallest absolute Gasteiger partial charge is 0.0333 e. The van der Waals surface area contributed by atoms with Crippen LogP contribution in [-0.4, -0.2) is 30.6 Å². The van der Waals surface area contributed by atoms with Crippen molar-refractivity contribution in [3.63, 3.8) is 0 Å². The van der Waals surface area contributed by atoms with Gasteiger partial charge in [-0.25, -0.2) is 0 Å². The Morgan fingerprint density at radius 1 is 0.769 bits per heavy atom. The molecule has 0 aromatic heterocycles. The van der Waals surface area contributed by atoms with E-state index in [4.69, 9.17) is 0 Å². The number of benzene rings is 3. The summed E-state index contributed by atoms with van der Waals surface area (Å²) < 4.78 is 0. The van der Waals surface area contributed by atoms with Crippen LogP contribution in [0.15, 0.2) is 91.0 Å². The Kier molecular flexibility index (Phi) is 5.44. The minimum absolute atomic E-state index is 0.369. The van der Waals surface area contributed by atoms with Crippen molar-refractivity contribution in [3.05, 3.63) is 108 Å². The molecular formula is C24H26N2. The van der Waals surface area contributed by atoms with Crippen LogP contribution in [0.1, 0.15) is 22.6 Å². The normalized spacial score (nSPS) is 18.1. The second-order valence-electron chi connectivity index (χ2n) is 7.03.